The lowest BCUT2D eigenvalue weighted by atomic mass is 10.0. The van der Waals surface area contributed by atoms with Crippen molar-refractivity contribution in [3.05, 3.63) is 70.0 Å². The van der Waals surface area contributed by atoms with Crippen molar-refractivity contribution in [2.45, 2.75) is 31.2 Å². The predicted molar refractivity (Wildman–Crippen MR) is 142 cm³/mol. The van der Waals surface area contributed by atoms with Crippen molar-refractivity contribution in [3.63, 3.8) is 0 Å². The third kappa shape index (κ3) is 6.34. The summed E-state index contributed by atoms with van der Waals surface area (Å²) in [5, 5.41) is 2.43. The molecule has 3 aromatic rings. The number of aromatic amines is 1. The molecule has 218 valence electrons. The van der Waals surface area contributed by atoms with Gasteiger partial charge in [0.25, 0.3) is 5.91 Å². The van der Waals surface area contributed by atoms with Crippen LogP contribution in [-0.4, -0.2) is 66.8 Å². The molecule has 1 saturated carbocycles. The highest BCUT2D eigenvalue weighted by atomic mass is 19.4. The van der Waals surface area contributed by atoms with Crippen LogP contribution in [0.5, 0.6) is 5.88 Å². The standard InChI is InChI=1S/C28H28F5N5O3/c1-37(2)24-13-38(12-21(24)30)23-9-20(29)17(16-5-6-26(35-10-16)41-14-15-3-4-15)7-22(23)36-27(40)18-11-34-25(39)8-19(18)28(31,32)33/h5-11,15,21,24H,3-4,12-14H2,1-2H3,(H,34,39)(H,36,40)/t21-,24-/m1/s1. The Balaban J connectivity index is 1.52. The fourth-order valence-electron chi connectivity index (χ4n) is 4.77. The summed E-state index contributed by atoms with van der Waals surface area (Å²) in [5.41, 5.74) is -2.87. The van der Waals surface area contributed by atoms with Crippen molar-refractivity contribution in [1.82, 2.24) is 14.9 Å². The zero-order valence-corrected chi connectivity index (χ0v) is 22.3. The van der Waals surface area contributed by atoms with Crippen molar-refractivity contribution in [2.24, 2.45) is 5.92 Å². The van der Waals surface area contributed by atoms with Crippen LogP contribution in [0.4, 0.5) is 33.3 Å². The lowest BCUT2D eigenvalue weighted by molar-refractivity contribution is -0.138. The maximum atomic E-state index is 15.5. The minimum atomic E-state index is -4.98. The molecular weight excluding hydrogens is 549 g/mol. The molecule has 13 heteroatoms. The summed E-state index contributed by atoms with van der Waals surface area (Å²) in [5.74, 6) is -1.01. The van der Waals surface area contributed by atoms with Crippen molar-refractivity contribution >= 4 is 17.3 Å². The number of likely N-dealkylation sites (N-methyl/N-ethyl adjacent to an activating group) is 1. The van der Waals surface area contributed by atoms with Crippen LogP contribution < -0.4 is 20.5 Å². The van der Waals surface area contributed by atoms with Crippen molar-refractivity contribution in [2.75, 3.05) is 44.0 Å². The molecule has 1 amide bonds. The number of pyridine rings is 2. The van der Waals surface area contributed by atoms with E-state index in [0.29, 0.717) is 36.2 Å². The second-order valence-electron chi connectivity index (χ2n) is 10.5. The number of carbonyl (C=O) groups is 1. The first-order valence-electron chi connectivity index (χ1n) is 13.0. The fraction of sp³-hybridized carbons (Fsp3) is 0.393. The Morgan fingerprint density at radius 3 is 2.56 bits per heavy atom. The topological polar surface area (TPSA) is 90.6 Å². The lowest BCUT2D eigenvalue weighted by Crippen LogP contribution is -2.36. The van der Waals surface area contributed by atoms with Gasteiger partial charge in [-0.3, -0.25) is 9.59 Å². The van der Waals surface area contributed by atoms with Crippen LogP contribution in [0.15, 0.2) is 47.5 Å². The molecule has 2 N–H and O–H groups in total. The molecule has 1 saturated heterocycles. The van der Waals surface area contributed by atoms with Gasteiger partial charge in [0.15, 0.2) is 0 Å². The van der Waals surface area contributed by atoms with Crippen LogP contribution in [-0.2, 0) is 6.18 Å². The molecule has 41 heavy (non-hydrogen) atoms. The first kappa shape index (κ1) is 28.5. The predicted octanol–water partition coefficient (Wildman–Crippen LogP) is 4.72. The summed E-state index contributed by atoms with van der Waals surface area (Å²) in [6.45, 7) is 0.567. The summed E-state index contributed by atoms with van der Waals surface area (Å²) >= 11 is 0. The van der Waals surface area contributed by atoms with Gasteiger partial charge in [-0.15, -0.1) is 0 Å². The van der Waals surface area contributed by atoms with Gasteiger partial charge in [0.2, 0.25) is 11.4 Å². The van der Waals surface area contributed by atoms with E-state index in [2.05, 4.69) is 15.3 Å². The number of nitrogens with zero attached hydrogens (tertiary/aromatic N) is 3. The number of rotatable bonds is 8. The van der Waals surface area contributed by atoms with E-state index in [-0.39, 0.29) is 30.0 Å². The normalized spacial score (nSPS) is 19.1. The molecule has 2 atom stereocenters. The zero-order valence-electron chi connectivity index (χ0n) is 22.3. The summed E-state index contributed by atoms with van der Waals surface area (Å²) < 4.78 is 76.9. The fourth-order valence-corrected chi connectivity index (χ4v) is 4.77. The van der Waals surface area contributed by atoms with Crippen LogP contribution in [0.2, 0.25) is 0 Å². The molecule has 2 aromatic heterocycles. The lowest BCUT2D eigenvalue weighted by Gasteiger charge is -2.25. The van der Waals surface area contributed by atoms with E-state index in [0.717, 1.165) is 18.9 Å². The SMILES string of the molecule is CN(C)[C@@H]1CN(c2cc(F)c(-c3ccc(OCC4CC4)nc3)cc2NC(=O)c2c[nH]c(=O)cc2C(F)(F)F)C[C@H]1F. The quantitative estimate of drug-likeness (QED) is 0.377. The Morgan fingerprint density at radius 2 is 1.95 bits per heavy atom. The number of halogens is 5. The maximum absolute atomic E-state index is 15.5. The molecule has 1 aromatic carbocycles. The van der Waals surface area contributed by atoms with Crippen molar-refractivity contribution in [3.8, 4) is 17.0 Å². The number of hydrogen-bond donors (Lipinski definition) is 2. The van der Waals surface area contributed by atoms with Gasteiger partial charge in [-0.1, -0.05) is 0 Å². The third-order valence-corrected chi connectivity index (χ3v) is 7.24. The number of H-pyrrole nitrogens is 1. The molecule has 1 aliphatic heterocycles. The molecule has 5 rings (SSSR count). The molecular formula is C28H28F5N5O3. The summed E-state index contributed by atoms with van der Waals surface area (Å²) in [6, 6.07) is 5.32. The highest BCUT2D eigenvalue weighted by Crippen LogP contribution is 2.38. The van der Waals surface area contributed by atoms with Gasteiger partial charge in [0, 0.05) is 42.2 Å². The van der Waals surface area contributed by atoms with Gasteiger partial charge in [-0.2, -0.15) is 13.2 Å². The zero-order chi connectivity index (χ0) is 29.5. The van der Waals surface area contributed by atoms with Crippen LogP contribution in [0.3, 0.4) is 0 Å². The van der Waals surface area contributed by atoms with E-state index in [1.807, 2.05) is 0 Å². The number of ether oxygens (including phenoxy) is 1. The minimum Gasteiger partial charge on any atom is -0.477 e. The largest absolute Gasteiger partial charge is 0.477 e. The highest BCUT2D eigenvalue weighted by Gasteiger charge is 2.38. The number of nitrogens with one attached hydrogen (secondary N) is 2. The molecule has 0 spiro atoms. The number of anilines is 2. The van der Waals surface area contributed by atoms with Crippen molar-refractivity contribution in [1.29, 1.82) is 0 Å². The molecule has 2 fully saturated rings. The van der Waals surface area contributed by atoms with E-state index in [1.165, 1.54) is 17.2 Å². The Bertz CT molecular complexity index is 1490. The second kappa shape index (κ2) is 11.1. The average molecular weight is 578 g/mol. The molecule has 0 unspecified atom stereocenters. The summed E-state index contributed by atoms with van der Waals surface area (Å²) in [6.07, 6.45) is -2.01. The van der Waals surface area contributed by atoms with E-state index in [9.17, 15) is 27.2 Å². The Kier molecular flexibility index (Phi) is 7.73. The third-order valence-electron chi connectivity index (χ3n) is 7.24. The summed E-state index contributed by atoms with van der Waals surface area (Å²) in [7, 11) is 3.40. The number of benzene rings is 1. The summed E-state index contributed by atoms with van der Waals surface area (Å²) in [4.78, 5) is 34.2. The van der Waals surface area contributed by atoms with Crippen LogP contribution >= 0.6 is 0 Å². The smallest absolute Gasteiger partial charge is 0.417 e. The highest BCUT2D eigenvalue weighted by molar-refractivity contribution is 6.07. The van der Waals surface area contributed by atoms with Crippen LogP contribution in [0, 0.1) is 11.7 Å². The number of hydrogen-bond acceptors (Lipinski definition) is 6. The molecule has 0 radical (unpaired) electrons. The first-order valence-corrected chi connectivity index (χ1v) is 13.0. The Morgan fingerprint density at radius 1 is 1.20 bits per heavy atom. The number of amides is 1. The second-order valence-corrected chi connectivity index (χ2v) is 10.5. The van der Waals surface area contributed by atoms with Crippen LogP contribution in [0.1, 0.15) is 28.8 Å². The maximum Gasteiger partial charge on any atom is 0.417 e. The molecule has 2 aliphatic rings. The minimum absolute atomic E-state index is 0.0166. The molecule has 1 aliphatic carbocycles. The number of carbonyl (C=O) groups excluding carboxylic acids is 1. The number of aromatic nitrogens is 2. The molecule has 3 heterocycles. The van der Waals surface area contributed by atoms with Gasteiger partial charge in [0.1, 0.15) is 12.0 Å². The van der Waals surface area contributed by atoms with Crippen LogP contribution in [0.25, 0.3) is 11.1 Å². The van der Waals surface area contributed by atoms with Gasteiger partial charge >= 0.3 is 6.18 Å². The Hall–Kier alpha value is -4.00. The molecule has 0 bridgehead atoms. The number of alkyl halides is 4. The average Bonchev–Trinajstić information content (AvgIpc) is 3.67. The first-order chi connectivity index (χ1) is 19.4. The van der Waals surface area contributed by atoms with E-state index < -0.39 is 46.8 Å². The van der Waals surface area contributed by atoms with Gasteiger partial charge in [-0.05, 0) is 51.1 Å². The monoisotopic (exact) mass is 577 g/mol. The van der Waals surface area contributed by atoms with E-state index >= 15 is 4.39 Å². The van der Waals surface area contributed by atoms with Crippen molar-refractivity contribution < 1.29 is 31.5 Å². The van der Waals surface area contributed by atoms with Gasteiger partial charge in [-0.25, -0.2) is 13.8 Å². The van der Waals surface area contributed by atoms with E-state index in [1.54, 1.807) is 31.1 Å². The van der Waals surface area contributed by atoms with Gasteiger partial charge in [0.05, 0.1) is 41.7 Å². The van der Waals surface area contributed by atoms with E-state index in [4.69, 9.17) is 4.74 Å². The Labute approximate surface area is 232 Å². The molecule has 8 nitrogen and oxygen atoms in total. The van der Waals surface area contributed by atoms with Gasteiger partial charge < -0.3 is 24.8 Å².